The van der Waals surface area contributed by atoms with Crippen LogP contribution in [0.3, 0.4) is 0 Å². The van der Waals surface area contributed by atoms with Crippen LogP contribution in [-0.4, -0.2) is 43.7 Å². The van der Waals surface area contributed by atoms with Crippen molar-refractivity contribution in [2.24, 2.45) is 5.73 Å². The van der Waals surface area contributed by atoms with Gasteiger partial charge in [-0.3, -0.25) is 4.79 Å². The topological polar surface area (TPSA) is 64.8 Å². The Morgan fingerprint density at radius 1 is 1.24 bits per heavy atom. The quantitative estimate of drug-likeness (QED) is 0.886. The van der Waals surface area contributed by atoms with Crippen molar-refractivity contribution in [1.29, 1.82) is 0 Å². The van der Waals surface area contributed by atoms with Crippen LogP contribution in [0.1, 0.15) is 18.4 Å². The van der Waals surface area contributed by atoms with Crippen molar-refractivity contribution < 1.29 is 14.3 Å². The average molecular weight is 365 g/mol. The molecule has 0 unspecified atom stereocenters. The third-order valence-corrected chi connectivity index (χ3v) is 4.55. The number of carbonyl (C=O) groups is 1. The number of hydrogen-bond acceptors (Lipinski definition) is 4. The summed E-state index contributed by atoms with van der Waals surface area (Å²) < 4.78 is 10.9. The van der Waals surface area contributed by atoms with Crippen molar-refractivity contribution in [3.63, 3.8) is 0 Å². The molecular weight excluding hydrogens is 340 g/mol. The van der Waals surface area contributed by atoms with E-state index in [0.717, 1.165) is 34.9 Å². The van der Waals surface area contributed by atoms with Gasteiger partial charge in [-0.25, -0.2) is 0 Å². The Morgan fingerprint density at radius 3 is 2.64 bits per heavy atom. The first-order valence-corrected chi connectivity index (χ1v) is 8.28. The van der Waals surface area contributed by atoms with Gasteiger partial charge < -0.3 is 20.1 Å². The van der Waals surface area contributed by atoms with E-state index in [1.807, 2.05) is 31.3 Å². The molecule has 1 heterocycles. The number of nitrogens with two attached hydrogens (primary N) is 1. The monoisotopic (exact) mass is 364 g/mol. The van der Waals surface area contributed by atoms with Crippen LogP contribution in [0.2, 0.25) is 0 Å². The first-order chi connectivity index (χ1) is 11.6. The van der Waals surface area contributed by atoms with Crippen LogP contribution in [0, 0.1) is 0 Å². The van der Waals surface area contributed by atoms with Gasteiger partial charge in [-0.05, 0) is 47.4 Å². The van der Waals surface area contributed by atoms with E-state index in [9.17, 15) is 4.79 Å². The molecule has 3 rings (SSSR count). The molecule has 1 fully saturated rings. The fraction of sp³-hybridized carbons (Fsp3) is 0.421. The highest BCUT2D eigenvalue weighted by Gasteiger charge is 2.31. The van der Waals surface area contributed by atoms with Gasteiger partial charge in [0.25, 0.3) is 5.91 Å². The van der Waals surface area contributed by atoms with Crippen LogP contribution in [0.25, 0.3) is 10.8 Å². The van der Waals surface area contributed by atoms with Crippen LogP contribution in [-0.2, 0) is 16.1 Å². The van der Waals surface area contributed by atoms with Crippen LogP contribution in [0.5, 0.6) is 5.75 Å². The summed E-state index contributed by atoms with van der Waals surface area (Å²) in [5.41, 5.74) is 6.70. The Bertz CT molecular complexity index is 738. The molecule has 2 N–H and O–H groups in total. The van der Waals surface area contributed by atoms with Gasteiger partial charge in [-0.1, -0.05) is 18.2 Å². The highest BCUT2D eigenvalue weighted by atomic mass is 35.5. The highest BCUT2D eigenvalue weighted by Crippen LogP contribution is 2.24. The molecule has 5 nitrogen and oxygen atoms in total. The van der Waals surface area contributed by atoms with E-state index >= 15 is 0 Å². The molecule has 1 saturated heterocycles. The minimum Gasteiger partial charge on any atom is -0.497 e. The Kier molecular flexibility index (Phi) is 6.64. The van der Waals surface area contributed by atoms with Gasteiger partial charge in [-0.15, -0.1) is 12.4 Å². The number of fused-ring (bicyclic) bond motifs is 1. The lowest BCUT2D eigenvalue weighted by atomic mass is 10.1. The van der Waals surface area contributed by atoms with Crippen molar-refractivity contribution >= 4 is 29.1 Å². The van der Waals surface area contributed by atoms with Gasteiger partial charge >= 0.3 is 0 Å². The van der Waals surface area contributed by atoms with E-state index in [0.29, 0.717) is 13.1 Å². The lowest BCUT2D eigenvalue weighted by Gasteiger charge is -2.21. The van der Waals surface area contributed by atoms with Gasteiger partial charge in [0.2, 0.25) is 0 Å². The standard InChI is InChI=1S/C19H24N2O3.ClH/c1-21(19(22)18-8-7-17(11-20)24-18)12-13-3-4-15-10-16(23-2)6-5-14(15)9-13;/h3-6,9-10,17-18H,7-8,11-12,20H2,1-2H3;1H/t17-,18+;/m1./s1. The summed E-state index contributed by atoms with van der Waals surface area (Å²) in [6.07, 6.45) is 1.28. The van der Waals surface area contributed by atoms with Crippen molar-refractivity contribution in [2.45, 2.75) is 31.6 Å². The van der Waals surface area contributed by atoms with Crippen molar-refractivity contribution in [3.8, 4) is 5.75 Å². The Hall–Kier alpha value is -1.82. The first kappa shape index (κ1) is 19.5. The number of methoxy groups -OCH3 is 1. The van der Waals surface area contributed by atoms with E-state index in [-0.39, 0.29) is 30.5 Å². The summed E-state index contributed by atoms with van der Waals surface area (Å²) in [5.74, 6) is 0.871. The molecule has 25 heavy (non-hydrogen) atoms. The summed E-state index contributed by atoms with van der Waals surface area (Å²) in [5, 5.41) is 2.26. The maximum Gasteiger partial charge on any atom is 0.251 e. The molecule has 0 bridgehead atoms. The largest absolute Gasteiger partial charge is 0.497 e. The van der Waals surface area contributed by atoms with E-state index in [4.69, 9.17) is 15.2 Å². The van der Waals surface area contributed by atoms with Crippen LogP contribution in [0.4, 0.5) is 0 Å². The normalized spacial score (nSPS) is 19.5. The minimum atomic E-state index is -0.353. The Balaban J connectivity index is 0.00000225. The second-order valence-corrected chi connectivity index (χ2v) is 6.30. The molecule has 0 spiro atoms. The van der Waals surface area contributed by atoms with E-state index < -0.39 is 0 Å². The smallest absolute Gasteiger partial charge is 0.251 e. The third kappa shape index (κ3) is 4.42. The van der Waals surface area contributed by atoms with Crippen LogP contribution < -0.4 is 10.5 Å². The number of ether oxygens (including phenoxy) is 2. The minimum absolute atomic E-state index is 0. The molecule has 2 aromatic rings. The molecule has 0 radical (unpaired) electrons. The van der Waals surface area contributed by atoms with Crippen molar-refractivity contribution in [1.82, 2.24) is 4.90 Å². The molecule has 136 valence electrons. The summed E-state index contributed by atoms with van der Waals surface area (Å²) >= 11 is 0. The Labute approximate surface area is 154 Å². The molecule has 1 amide bonds. The summed E-state index contributed by atoms with van der Waals surface area (Å²) in [4.78, 5) is 14.2. The molecule has 2 atom stereocenters. The summed E-state index contributed by atoms with van der Waals surface area (Å²) in [6, 6.07) is 12.2. The second kappa shape index (κ2) is 8.52. The first-order valence-electron chi connectivity index (χ1n) is 8.28. The maximum atomic E-state index is 12.5. The molecular formula is C19H25ClN2O3. The number of hydrogen-bond donors (Lipinski definition) is 1. The van der Waals surface area contributed by atoms with Gasteiger partial charge in [0, 0.05) is 20.1 Å². The fourth-order valence-electron chi connectivity index (χ4n) is 3.16. The SMILES string of the molecule is COc1ccc2cc(CN(C)C(=O)[C@@H]3CC[C@H](CN)O3)ccc2c1.Cl. The summed E-state index contributed by atoms with van der Waals surface area (Å²) in [6.45, 7) is 1.04. The zero-order valence-corrected chi connectivity index (χ0v) is 15.4. The zero-order valence-electron chi connectivity index (χ0n) is 14.6. The Morgan fingerprint density at radius 2 is 1.96 bits per heavy atom. The van der Waals surface area contributed by atoms with Gasteiger partial charge in [0.15, 0.2) is 0 Å². The average Bonchev–Trinajstić information content (AvgIpc) is 3.09. The zero-order chi connectivity index (χ0) is 17.1. The van der Waals surface area contributed by atoms with Gasteiger partial charge in [0.05, 0.1) is 13.2 Å². The number of halogens is 1. The predicted octanol–water partition coefficient (Wildman–Crippen LogP) is 2.73. The van der Waals surface area contributed by atoms with Crippen molar-refractivity contribution in [2.75, 3.05) is 20.7 Å². The fourth-order valence-corrected chi connectivity index (χ4v) is 3.16. The lowest BCUT2D eigenvalue weighted by molar-refractivity contribution is -0.141. The van der Waals surface area contributed by atoms with Gasteiger partial charge in [-0.2, -0.15) is 0 Å². The number of nitrogens with zero attached hydrogens (tertiary/aromatic N) is 1. The van der Waals surface area contributed by atoms with E-state index in [2.05, 4.69) is 12.1 Å². The van der Waals surface area contributed by atoms with Crippen LogP contribution in [0.15, 0.2) is 36.4 Å². The van der Waals surface area contributed by atoms with Crippen molar-refractivity contribution in [3.05, 3.63) is 42.0 Å². The highest BCUT2D eigenvalue weighted by molar-refractivity contribution is 5.85. The number of amides is 1. The van der Waals surface area contributed by atoms with Crippen LogP contribution >= 0.6 is 12.4 Å². The molecule has 1 aliphatic rings. The molecule has 0 aromatic heterocycles. The number of rotatable bonds is 5. The third-order valence-electron chi connectivity index (χ3n) is 4.55. The summed E-state index contributed by atoms with van der Waals surface area (Å²) in [7, 11) is 3.48. The molecule has 0 saturated carbocycles. The van der Waals surface area contributed by atoms with Gasteiger partial charge in [0.1, 0.15) is 11.9 Å². The maximum absolute atomic E-state index is 12.5. The molecule has 0 aliphatic carbocycles. The van der Waals surface area contributed by atoms with E-state index in [1.54, 1.807) is 12.0 Å². The predicted molar refractivity (Wildman–Crippen MR) is 101 cm³/mol. The molecule has 2 aromatic carbocycles. The number of benzene rings is 2. The number of carbonyl (C=O) groups excluding carboxylic acids is 1. The van der Waals surface area contributed by atoms with E-state index in [1.165, 1.54) is 0 Å². The lowest BCUT2D eigenvalue weighted by Crippen LogP contribution is -2.36. The second-order valence-electron chi connectivity index (χ2n) is 6.30. The molecule has 1 aliphatic heterocycles. The molecule has 6 heteroatoms. The number of likely N-dealkylation sites (N-methyl/N-ethyl adjacent to an activating group) is 1.